The molecule has 1 unspecified atom stereocenters. The highest BCUT2D eigenvalue weighted by molar-refractivity contribution is 7.84. The van der Waals surface area contributed by atoms with E-state index in [4.69, 9.17) is 5.11 Å². The predicted molar refractivity (Wildman–Crippen MR) is 98.7 cm³/mol. The number of fused-ring (bicyclic) bond motifs is 1. The Kier molecular flexibility index (Phi) is 4.63. The quantitative estimate of drug-likeness (QED) is 0.703. The third kappa shape index (κ3) is 3.75. The first-order chi connectivity index (χ1) is 11.9. The number of carboxylic acid groups (broad SMARTS) is 1. The number of aromatic nitrogens is 3. The number of hydrogen-bond acceptors (Lipinski definition) is 4. The number of aliphatic carboxylic acids is 1. The molecule has 0 amide bonds. The molecule has 6 nitrogen and oxygen atoms in total. The lowest BCUT2D eigenvalue weighted by Crippen LogP contribution is -2.02. The predicted octanol–water partition coefficient (Wildman–Crippen LogP) is 2.81. The molecule has 0 fully saturated rings. The number of hydrogen-bond donors (Lipinski definition) is 2. The monoisotopic (exact) mass is 357 g/mol. The van der Waals surface area contributed by atoms with Crippen molar-refractivity contribution in [3.8, 4) is 11.8 Å². The maximum absolute atomic E-state index is 12.6. The normalized spacial score (nSPS) is 11.8. The van der Waals surface area contributed by atoms with E-state index in [0.29, 0.717) is 16.2 Å². The van der Waals surface area contributed by atoms with Crippen LogP contribution in [0.2, 0.25) is 0 Å². The second-order valence-corrected chi connectivity index (χ2v) is 6.90. The van der Waals surface area contributed by atoms with Gasteiger partial charge in [0, 0.05) is 20.5 Å². The van der Waals surface area contributed by atoms with Gasteiger partial charge in [-0.2, -0.15) is 0 Å². The van der Waals surface area contributed by atoms with Crippen molar-refractivity contribution in [2.45, 2.75) is 24.8 Å². The molecule has 1 aromatic carbocycles. The molecule has 2 aromatic heterocycles. The van der Waals surface area contributed by atoms with Crippen LogP contribution in [0.4, 0.5) is 0 Å². The fraction of sp³-hybridized carbons (Fsp3) is 0.167. The minimum atomic E-state index is -1.36. The Morgan fingerprint density at radius 1 is 1.36 bits per heavy atom. The van der Waals surface area contributed by atoms with Crippen LogP contribution < -0.4 is 0 Å². The van der Waals surface area contributed by atoms with E-state index >= 15 is 0 Å². The van der Waals surface area contributed by atoms with Crippen LogP contribution in [0, 0.1) is 25.7 Å². The van der Waals surface area contributed by atoms with Crippen molar-refractivity contribution in [3.63, 3.8) is 0 Å². The van der Waals surface area contributed by atoms with E-state index in [9.17, 15) is 9.00 Å². The van der Waals surface area contributed by atoms with Crippen LogP contribution >= 0.6 is 0 Å². The molecule has 3 rings (SSSR count). The molecule has 0 spiro atoms. The van der Waals surface area contributed by atoms with E-state index in [2.05, 4.69) is 26.8 Å². The zero-order valence-corrected chi connectivity index (χ0v) is 14.5. The van der Waals surface area contributed by atoms with Gasteiger partial charge in [-0.25, -0.2) is 9.78 Å². The third-order valence-electron chi connectivity index (χ3n) is 3.71. The first kappa shape index (κ1) is 16.9. The van der Waals surface area contributed by atoms with Crippen LogP contribution in [0.1, 0.15) is 25.2 Å². The van der Waals surface area contributed by atoms with Gasteiger partial charge in [-0.1, -0.05) is 12.0 Å². The number of H-pyrrole nitrogens is 1. The van der Waals surface area contributed by atoms with Crippen LogP contribution in [0.3, 0.4) is 0 Å². The average molecular weight is 357 g/mol. The second kappa shape index (κ2) is 6.87. The SMILES string of the molecule is Cc1cc2[nH]c(S(=O)Cc3ncccc3C)nc2cc1C#CC(=O)O.[HH].[HH]. The van der Waals surface area contributed by atoms with Crippen molar-refractivity contribution in [3.05, 3.63) is 52.8 Å². The van der Waals surface area contributed by atoms with Gasteiger partial charge in [-0.15, -0.1) is 0 Å². The van der Waals surface area contributed by atoms with Crippen LogP contribution in [0.25, 0.3) is 11.0 Å². The highest BCUT2D eigenvalue weighted by Crippen LogP contribution is 2.20. The highest BCUT2D eigenvalue weighted by Gasteiger charge is 2.13. The largest absolute Gasteiger partial charge is 0.472 e. The van der Waals surface area contributed by atoms with Gasteiger partial charge in [-0.3, -0.25) is 9.19 Å². The summed E-state index contributed by atoms with van der Waals surface area (Å²) in [6.07, 6.45) is 1.68. The molecule has 0 aliphatic rings. The Labute approximate surface area is 149 Å². The maximum atomic E-state index is 12.6. The van der Waals surface area contributed by atoms with Crippen LogP contribution in [0.5, 0.6) is 0 Å². The molecular formula is C18H19N3O3S. The lowest BCUT2D eigenvalue weighted by atomic mass is 10.1. The Balaban J connectivity index is 0.00000182. The maximum Gasteiger partial charge on any atom is 0.382 e. The number of nitrogens with zero attached hydrogens (tertiary/aromatic N) is 2. The zero-order chi connectivity index (χ0) is 18.0. The number of carbonyl (C=O) groups is 1. The van der Waals surface area contributed by atoms with Crippen LogP contribution in [-0.4, -0.2) is 30.2 Å². The summed E-state index contributed by atoms with van der Waals surface area (Å²) in [6.45, 7) is 3.76. The van der Waals surface area contributed by atoms with E-state index < -0.39 is 16.8 Å². The topological polar surface area (TPSA) is 95.9 Å². The number of rotatable bonds is 3. The molecule has 0 aliphatic carbocycles. The van der Waals surface area contributed by atoms with Crippen molar-refractivity contribution in [2.75, 3.05) is 0 Å². The lowest BCUT2D eigenvalue weighted by Gasteiger charge is -2.02. The lowest BCUT2D eigenvalue weighted by molar-refractivity contribution is -0.130. The molecule has 130 valence electrons. The van der Waals surface area contributed by atoms with E-state index in [1.165, 1.54) is 0 Å². The molecule has 0 saturated carbocycles. The molecular weight excluding hydrogens is 338 g/mol. The number of aryl methyl sites for hydroxylation is 2. The third-order valence-corrected chi connectivity index (χ3v) is 4.87. The van der Waals surface area contributed by atoms with E-state index in [1.807, 2.05) is 32.0 Å². The van der Waals surface area contributed by atoms with Crippen molar-refractivity contribution in [1.29, 1.82) is 0 Å². The minimum Gasteiger partial charge on any atom is -0.472 e. The highest BCUT2D eigenvalue weighted by atomic mass is 32.2. The fourth-order valence-corrected chi connectivity index (χ4v) is 3.48. The number of carboxylic acids is 1. The Morgan fingerprint density at radius 3 is 2.88 bits per heavy atom. The van der Waals surface area contributed by atoms with Crippen molar-refractivity contribution in [1.82, 2.24) is 15.0 Å². The number of pyridine rings is 1. The molecule has 7 heteroatoms. The molecule has 1 atom stereocenters. The Morgan fingerprint density at radius 2 is 2.16 bits per heavy atom. The summed E-state index contributed by atoms with van der Waals surface area (Å²) in [6, 6.07) is 7.28. The van der Waals surface area contributed by atoms with Crippen LogP contribution in [0.15, 0.2) is 35.6 Å². The van der Waals surface area contributed by atoms with E-state index in [1.54, 1.807) is 12.3 Å². The van der Waals surface area contributed by atoms with Gasteiger partial charge < -0.3 is 10.1 Å². The van der Waals surface area contributed by atoms with Gasteiger partial charge >= 0.3 is 5.97 Å². The summed E-state index contributed by atoms with van der Waals surface area (Å²) in [5.41, 5.74) is 4.49. The molecule has 0 radical (unpaired) electrons. The Hall–Kier alpha value is -2.98. The van der Waals surface area contributed by atoms with Crippen molar-refractivity contribution < 1.29 is 17.0 Å². The van der Waals surface area contributed by atoms with Crippen molar-refractivity contribution in [2.24, 2.45) is 0 Å². The second-order valence-electron chi connectivity index (χ2n) is 5.54. The molecule has 0 aliphatic heterocycles. The fourth-order valence-electron chi connectivity index (χ4n) is 2.37. The van der Waals surface area contributed by atoms with Crippen molar-refractivity contribution >= 4 is 27.8 Å². The van der Waals surface area contributed by atoms with Gasteiger partial charge in [0.05, 0.1) is 33.3 Å². The number of aromatic amines is 1. The standard InChI is InChI=1S/C18H15N3O3S.2H2/c1-11-4-3-7-19-16(11)10-25(24)18-20-14-8-12(2)13(5-6-17(22)23)9-15(14)21-18;;/h3-4,7-9H,10H2,1-2H3,(H,20,21)(H,22,23);2*1H. The molecule has 2 N–H and O–H groups in total. The first-order valence-corrected chi connectivity index (χ1v) is 8.80. The van der Waals surface area contributed by atoms with Gasteiger partial charge in [0.15, 0.2) is 5.16 Å². The molecule has 0 bridgehead atoms. The average Bonchev–Trinajstić information content (AvgIpc) is 2.97. The molecule has 3 aromatic rings. The Bertz CT molecular complexity index is 1070. The summed E-state index contributed by atoms with van der Waals surface area (Å²) in [7, 11) is -1.36. The summed E-state index contributed by atoms with van der Waals surface area (Å²) >= 11 is 0. The number of benzene rings is 1. The van der Waals surface area contributed by atoms with Gasteiger partial charge in [0.1, 0.15) is 0 Å². The van der Waals surface area contributed by atoms with E-state index in [-0.39, 0.29) is 8.61 Å². The first-order valence-electron chi connectivity index (χ1n) is 7.48. The summed E-state index contributed by atoms with van der Waals surface area (Å²) in [5.74, 6) is 3.79. The molecule has 2 heterocycles. The summed E-state index contributed by atoms with van der Waals surface area (Å²) in [5, 5.41) is 9.04. The molecule has 0 saturated heterocycles. The number of imidazole rings is 1. The zero-order valence-electron chi connectivity index (χ0n) is 13.7. The van der Waals surface area contributed by atoms with Gasteiger partial charge in [0.2, 0.25) is 0 Å². The summed E-state index contributed by atoms with van der Waals surface area (Å²) in [4.78, 5) is 22.3. The van der Waals surface area contributed by atoms with E-state index in [0.717, 1.165) is 22.3 Å². The van der Waals surface area contributed by atoms with Gasteiger partial charge in [0.25, 0.3) is 0 Å². The smallest absolute Gasteiger partial charge is 0.382 e. The number of nitrogens with one attached hydrogen (secondary N) is 1. The minimum absolute atomic E-state index is 0. The van der Waals surface area contributed by atoms with Crippen LogP contribution in [-0.2, 0) is 21.3 Å². The summed E-state index contributed by atoms with van der Waals surface area (Å²) < 4.78 is 12.6. The van der Waals surface area contributed by atoms with Gasteiger partial charge in [-0.05, 0) is 43.2 Å². The molecule has 25 heavy (non-hydrogen) atoms.